The van der Waals surface area contributed by atoms with Gasteiger partial charge >= 0.3 is 0 Å². The van der Waals surface area contributed by atoms with Crippen molar-refractivity contribution < 1.29 is 0 Å². The van der Waals surface area contributed by atoms with Crippen LogP contribution in [0.25, 0.3) is 0 Å². The maximum Gasteiger partial charge on any atom is 0.0948 e. The highest BCUT2D eigenvalue weighted by Gasteiger charge is 2.07. The molecular weight excluding hydrogens is 198 g/mol. The number of nitrogens with one attached hydrogen (secondary N) is 1. The van der Waals surface area contributed by atoms with Crippen molar-refractivity contribution in [1.29, 1.82) is 0 Å². The Kier molecular flexibility index (Phi) is 5.53. The fraction of sp³-hybridized carbons (Fsp3) is 0.769. The van der Waals surface area contributed by atoms with Gasteiger partial charge in [-0.25, -0.2) is 4.98 Å². The molecule has 16 heavy (non-hydrogen) atoms. The summed E-state index contributed by atoms with van der Waals surface area (Å²) < 4.78 is 2.18. The zero-order chi connectivity index (χ0) is 12.0. The molecule has 1 aromatic rings. The highest BCUT2D eigenvalue weighted by molar-refractivity contribution is 4.97. The Bertz CT molecular complexity index is 293. The summed E-state index contributed by atoms with van der Waals surface area (Å²) in [5.41, 5.74) is 1.28. The maximum absolute atomic E-state index is 4.17. The van der Waals surface area contributed by atoms with Crippen LogP contribution >= 0.6 is 0 Å². The largest absolute Gasteiger partial charge is 0.334 e. The highest BCUT2D eigenvalue weighted by Crippen LogP contribution is 2.10. The lowest BCUT2D eigenvalue weighted by Crippen LogP contribution is -2.28. The van der Waals surface area contributed by atoms with Crippen molar-refractivity contribution in [2.75, 3.05) is 0 Å². The summed E-state index contributed by atoms with van der Waals surface area (Å²) in [4.78, 5) is 4.17. The lowest BCUT2D eigenvalue weighted by atomic mass is 10.0. The summed E-state index contributed by atoms with van der Waals surface area (Å²) in [6, 6.07) is 0.579. The van der Waals surface area contributed by atoms with Crippen LogP contribution < -0.4 is 5.32 Å². The third-order valence-electron chi connectivity index (χ3n) is 3.22. The van der Waals surface area contributed by atoms with Crippen molar-refractivity contribution in [3.63, 3.8) is 0 Å². The molecule has 0 saturated carbocycles. The van der Waals surface area contributed by atoms with E-state index in [0.717, 1.165) is 19.0 Å². The second kappa shape index (κ2) is 6.69. The average Bonchev–Trinajstić information content (AvgIpc) is 2.73. The molecule has 0 bridgehead atoms. The molecule has 1 rings (SSSR count). The first-order valence-electron chi connectivity index (χ1n) is 6.39. The highest BCUT2D eigenvalue weighted by atomic mass is 15.1. The minimum Gasteiger partial charge on any atom is -0.334 e. The Morgan fingerprint density at radius 1 is 1.38 bits per heavy atom. The van der Waals surface area contributed by atoms with E-state index in [1.165, 1.54) is 18.5 Å². The third kappa shape index (κ3) is 3.97. The number of aromatic nitrogens is 2. The molecule has 0 saturated heterocycles. The molecule has 92 valence electrons. The first-order chi connectivity index (χ1) is 7.67. The third-order valence-corrected chi connectivity index (χ3v) is 3.22. The van der Waals surface area contributed by atoms with Crippen LogP contribution in [0.15, 0.2) is 12.5 Å². The van der Waals surface area contributed by atoms with E-state index in [2.05, 4.69) is 42.6 Å². The SMILES string of the molecule is CCC(C)CC(C)NCc1cncn1CC. The van der Waals surface area contributed by atoms with Gasteiger partial charge in [-0.2, -0.15) is 0 Å². The Labute approximate surface area is 99.3 Å². The van der Waals surface area contributed by atoms with Crippen LogP contribution in [-0.4, -0.2) is 15.6 Å². The first-order valence-corrected chi connectivity index (χ1v) is 6.39. The van der Waals surface area contributed by atoms with Gasteiger partial charge in [-0.3, -0.25) is 0 Å². The molecule has 2 unspecified atom stereocenters. The fourth-order valence-electron chi connectivity index (χ4n) is 1.91. The number of hydrogen-bond donors (Lipinski definition) is 1. The van der Waals surface area contributed by atoms with Crippen LogP contribution in [-0.2, 0) is 13.1 Å². The number of nitrogens with zero attached hydrogens (tertiary/aromatic N) is 2. The Morgan fingerprint density at radius 2 is 2.12 bits per heavy atom. The number of rotatable bonds is 7. The molecule has 0 aliphatic rings. The molecule has 2 atom stereocenters. The second-order valence-electron chi connectivity index (χ2n) is 4.70. The minimum atomic E-state index is 0.579. The topological polar surface area (TPSA) is 29.9 Å². The van der Waals surface area contributed by atoms with Gasteiger partial charge in [0.1, 0.15) is 0 Å². The summed E-state index contributed by atoms with van der Waals surface area (Å²) >= 11 is 0. The molecule has 3 heteroatoms. The molecule has 1 N–H and O–H groups in total. The van der Waals surface area contributed by atoms with E-state index in [1.54, 1.807) is 0 Å². The van der Waals surface area contributed by atoms with Gasteiger partial charge < -0.3 is 9.88 Å². The smallest absolute Gasteiger partial charge is 0.0948 e. The van der Waals surface area contributed by atoms with Crippen LogP contribution in [0.1, 0.15) is 46.2 Å². The van der Waals surface area contributed by atoms with Gasteiger partial charge in [0.05, 0.1) is 12.0 Å². The van der Waals surface area contributed by atoms with Crippen molar-refractivity contribution in [1.82, 2.24) is 14.9 Å². The molecule has 0 spiro atoms. The van der Waals surface area contributed by atoms with E-state index < -0.39 is 0 Å². The van der Waals surface area contributed by atoms with Gasteiger partial charge in [-0.1, -0.05) is 20.3 Å². The summed E-state index contributed by atoms with van der Waals surface area (Å²) in [5, 5.41) is 3.56. The van der Waals surface area contributed by atoms with Gasteiger partial charge in [0.25, 0.3) is 0 Å². The summed E-state index contributed by atoms with van der Waals surface area (Å²) in [7, 11) is 0. The van der Waals surface area contributed by atoms with E-state index in [9.17, 15) is 0 Å². The molecule has 0 fully saturated rings. The second-order valence-corrected chi connectivity index (χ2v) is 4.70. The molecule has 0 radical (unpaired) electrons. The lowest BCUT2D eigenvalue weighted by Gasteiger charge is -2.17. The van der Waals surface area contributed by atoms with Crippen molar-refractivity contribution in [3.8, 4) is 0 Å². The summed E-state index contributed by atoms with van der Waals surface area (Å²) in [6.07, 6.45) is 6.36. The zero-order valence-electron chi connectivity index (χ0n) is 11.0. The Hall–Kier alpha value is -0.830. The fourth-order valence-corrected chi connectivity index (χ4v) is 1.91. The minimum absolute atomic E-state index is 0.579. The van der Waals surface area contributed by atoms with Crippen molar-refractivity contribution in [2.24, 2.45) is 5.92 Å². The maximum atomic E-state index is 4.17. The van der Waals surface area contributed by atoms with Gasteiger partial charge in [0, 0.05) is 25.3 Å². The van der Waals surface area contributed by atoms with Crippen molar-refractivity contribution in [2.45, 2.75) is 59.7 Å². The van der Waals surface area contributed by atoms with E-state index in [-0.39, 0.29) is 0 Å². The molecule has 0 aliphatic heterocycles. The van der Waals surface area contributed by atoms with Gasteiger partial charge in [0.15, 0.2) is 0 Å². The van der Waals surface area contributed by atoms with E-state index in [1.807, 2.05) is 12.5 Å². The Balaban J connectivity index is 2.34. The van der Waals surface area contributed by atoms with Crippen LogP contribution in [0, 0.1) is 5.92 Å². The Morgan fingerprint density at radius 3 is 2.75 bits per heavy atom. The molecule has 0 aliphatic carbocycles. The number of hydrogen-bond acceptors (Lipinski definition) is 2. The van der Waals surface area contributed by atoms with Crippen LogP contribution in [0.5, 0.6) is 0 Å². The summed E-state index contributed by atoms with van der Waals surface area (Å²) in [5.74, 6) is 0.804. The predicted octanol–water partition coefficient (Wildman–Crippen LogP) is 2.82. The monoisotopic (exact) mass is 223 g/mol. The van der Waals surface area contributed by atoms with E-state index >= 15 is 0 Å². The van der Waals surface area contributed by atoms with Crippen molar-refractivity contribution in [3.05, 3.63) is 18.2 Å². The zero-order valence-corrected chi connectivity index (χ0v) is 11.0. The van der Waals surface area contributed by atoms with Crippen LogP contribution in [0.3, 0.4) is 0 Å². The van der Waals surface area contributed by atoms with E-state index in [4.69, 9.17) is 0 Å². The lowest BCUT2D eigenvalue weighted by molar-refractivity contribution is 0.408. The first kappa shape index (κ1) is 13.2. The molecule has 1 aromatic heterocycles. The van der Waals surface area contributed by atoms with Crippen molar-refractivity contribution >= 4 is 0 Å². The molecule has 1 heterocycles. The molecular formula is C13H25N3. The van der Waals surface area contributed by atoms with E-state index in [0.29, 0.717) is 6.04 Å². The summed E-state index contributed by atoms with van der Waals surface area (Å²) in [6.45, 7) is 10.9. The molecule has 0 amide bonds. The number of imidazole rings is 1. The van der Waals surface area contributed by atoms with Gasteiger partial charge in [-0.15, -0.1) is 0 Å². The molecule has 3 nitrogen and oxygen atoms in total. The standard InChI is InChI=1S/C13H25N3/c1-5-11(3)7-12(4)15-9-13-8-14-10-16(13)6-2/h8,10-12,15H,5-7,9H2,1-4H3. The van der Waals surface area contributed by atoms with Gasteiger partial charge in [-0.05, 0) is 26.2 Å². The predicted molar refractivity (Wildman–Crippen MR) is 68.3 cm³/mol. The average molecular weight is 223 g/mol. The van der Waals surface area contributed by atoms with Gasteiger partial charge in [0.2, 0.25) is 0 Å². The quantitative estimate of drug-likeness (QED) is 0.770. The number of aryl methyl sites for hydroxylation is 1. The molecule has 0 aromatic carbocycles. The van der Waals surface area contributed by atoms with Crippen LogP contribution in [0.4, 0.5) is 0 Å². The van der Waals surface area contributed by atoms with Crippen LogP contribution in [0.2, 0.25) is 0 Å². The normalized spacial score (nSPS) is 15.0.